The van der Waals surface area contributed by atoms with E-state index in [1.807, 2.05) is 49.8 Å². The summed E-state index contributed by atoms with van der Waals surface area (Å²) in [7, 11) is 0. The van der Waals surface area contributed by atoms with Crippen molar-refractivity contribution in [2.24, 2.45) is 0 Å². The van der Waals surface area contributed by atoms with E-state index in [4.69, 9.17) is 10.7 Å². The second kappa shape index (κ2) is 9.43. The molecule has 0 saturated carbocycles. The molecule has 0 saturated heterocycles. The maximum atomic E-state index is 6.55. The Morgan fingerprint density at radius 1 is 1.23 bits per heavy atom. The maximum Gasteiger partial charge on any atom is 0.165 e. The van der Waals surface area contributed by atoms with Crippen molar-refractivity contribution in [3.63, 3.8) is 0 Å². The van der Waals surface area contributed by atoms with Crippen LogP contribution in [0.2, 0.25) is 0 Å². The van der Waals surface area contributed by atoms with Gasteiger partial charge in [0, 0.05) is 52.0 Å². The van der Waals surface area contributed by atoms with Crippen molar-refractivity contribution < 1.29 is 0 Å². The number of aromatic nitrogens is 4. The zero-order valence-electron chi connectivity index (χ0n) is 20.0. The number of rotatable bonds is 6. The molecule has 0 unspecified atom stereocenters. The molecule has 2 N–H and O–H groups in total. The van der Waals surface area contributed by atoms with Crippen LogP contribution in [0.1, 0.15) is 24.6 Å². The molecule has 1 aliphatic rings. The second-order valence-electron chi connectivity index (χ2n) is 8.49. The van der Waals surface area contributed by atoms with Crippen LogP contribution in [0.4, 0.5) is 5.82 Å². The quantitative estimate of drug-likeness (QED) is 0.330. The van der Waals surface area contributed by atoms with E-state index in [0.717, 1.165) is 69.0 Å². The van der Waals surface area contributed by atoms with Crippen LogP contribution >= 0.6 is 11.8 Å². The van der Waals surface area contributed by atoms with E-state index in [-0.39, 0.29) is 0 Å². The van der Waals surface area contributed by atoms with Crippen LogP contribution in [0.15, 0.2) is 84.0 Å². The average molecular weight is 481 g/mol. The van der Waals surface area contributed by atoms with E-state index in [1.165, 1.54) is 5.57 Å². The SMILES string of the molecule is C=CSC(=C)C(=CC)N1CC=C(c2nc3c(-c4cnc5ccccc5c4)cnn3c(N)c2C)CC1. The number of nitrogens with zero attached hydrogens (tertiary/aromatic N) is 5. The number of benzene rings is 1. The van der Waals surface area contributed by atoms with E-state index in [9.17, 15) is 0 Å². The zero-order chi connectivity index (χ0) is 24.5. The van der Waals surface area contributed by atoms with Gasteiger partial charge in [0.2, 0.25) is 0 Å². The molecule has 0 atom stereocenters. The molecule has 4 heterocycles. The van der Waals surface area contributed by atoms with Gasteiger partial charge in [0.15, 0.2) is 5.65 Å². The highest BCUT2D eigenvalue weighted by Crippen LogP contribution is 2.34. The highest BCUT2D eigenvalue weighted by atomic mass is 32.2. The number of fused-ring (bicyclic) bond motifs is 2. The number of thioether (sulfide) groups is 1. The van der Waals surface area contributed by atoms with Crippen LogP contribution in [0.5, 0.6) is 0 Å². The van der Waals surface area contributed by atoms with Crippen molar-refractivity contribution in [1.82, 2.24) is 24.5 Å². The minimum Gasteiger partial charge on any atom is -0.383 e. The first kappa shape index (κ1) is 22.9. The molecule has 1 aromatic carbocycles. The molecule has 5 rings (SSSR count). The maximum absolute atomic E-state index is 6.55. The molecule has 3 aromatic heterocycles. The Morgan fingerprint density at radius 2 is 2.06 bits per heavy atom. The molecule has 0 fully saturated rings. The molecule has 0 aliphatic carbocycles. The Balaban J connectivity index is 1.53. The van der Waals surface area contributed by atoms with Gasteiger partial charge in [-0.2, -0.15) is 9.61 Å². The molecule has 0 radical (unpaired) electrons. The topological polar surface area (TPSA) is 72.3 Å². The summed E-state index contributed by atoms with van der Waals surface area (Å²) in [6.45, 7) is 13.7. The molecule has 1 aliphatic heterocycles. The van der Waals surface area contributed by atoms with Gasteiger partial charge in [0.1, 0.15) is 5.82 Å². The summed E-state index contributed by atoms with van der Waals surface area (Å²) in [5, 5.41) is 7.45. The first-order valence-electron chi connectivity index (χ1n) is 11.6. The van der Waals surface area contributed by atoms with Crippen molar-refractivity contribution >= 4 is 39.7 Å². The average Bonchev–Trinajstić information content (AvgIpc) is 3.31. The molecule has 7 heteroatoms. The third kappa shape index (κ3) is 4.12. The summed E-state index contributed by atoms with van der Waals surface area (Å²) in [6, 6.07) is 10.2. The highest BCUT2D eigenvalue weighted by Gasteiger charge is 2.22. The van der Waals surface area contributed by atoms with E-state index < -0.39 is 0 Å². The molecule has 6 nitrogen and oxygen atoms in total. The third-order valence-electron chi connectivity index (χ3n) is 6.47. The smallest absolute Gasteiger partial charge is 0.165 e. The van der Waals surface area contributed by atoms with Crippen LogP contribution in [0.25, 0.3) is 33.3 Å². The van der Waals surface area contributed by atoms with Crippen LogP contribution in [0, 0.1) is 6.92 Å². The fourth-order valence-electron chi connectivity index (χ4n) is 4.61. The fourth-order valence-corrected chi connectivity index (χ4v) is 5.18. The van der Waals surface area contributed by atoms with E-state index >= 15 is 0 Å². The lowest BCUT2D eigenvalue weighted by Crippen LogP contribution is -2.28. The highest BCUT2D eigenvalue weighted by molar-refractivity contribution is 8.06. The lowest BCUT2D eigenvalue weighted by atomic mass is 10.00. The molecule has 0 bridgehead atoms. The summed E-state index contributed by atoms with van der Waals surface area (Å²) < 4.78 is 1.73. The Hall–Kier alpha value is -3.84. The van der Waals surface area contributed by atoms with Crippen molar-refractivity contribution in [1.29, 1.82) is 0 Å². The van der Waals surface area contributed by atoms with Gasteiger partial charge in [-0.05, 0) is 43.4 Å². The van der Waals surface area contributed by atoms with E-state index in [1.54, 1.807) is 16.3 Å². The standard InChI is InChI=1S/C28H28N6S/c1-5-25(19(4)35-6-2)33-13-11-20(12-14-33)26-18(3)27(29)34-28(32-26)23(17-31-34)22-15-21-9-7-8-10-24(21)30-16-22/h5-11,15-17H,2,4,12-14,29H2,1,3H3. The normalized spacial score (nSPS) is 14.4. The van der Waals surface area contributed by atoms with Gasteiger partial charge in [-0.25, -0.2) is 4.98 Å². The van der Waals surface area contributed by atoms with Crippen LogP contribution < -0.4 is 5.73 Å². The molecule has 0 amide bonds. The second-order valence-corrected chi connectivity index (χ2v) is 9.55. The molecule has 35 heavy (non-hydrogen) atoms. The number of hydrogen-bond acceptors (Lipinski definition) is 6. The van der Waals surface area contributed by atoms with Gasteiger partial charge >= 0.3 is 0 Å². The van der Waals surface area contributed by atoms with Gasteiger partial charge in [-0.1, -0.05) is 55.3 Å². The lowest BCUT2D eigenvalue weighted by molar-refractivity contribution is 0.388. The van der Waals surface area contributed by atoms with Crippen molar-refractivity contribution in [3.05, 3.63) is 95.3 Å². The van der Waals surface area contributed by atoms with Crippen LogP contribution in [-0.4, -0.2) is 37.6 Å². The molecule has 0 spiro atoms. The number of nitrogen functional groups attached to an aromatic ring is 1. The predicted molar refractivity (Wildman–Crippen MR) is 148 cm³/mol. The number of hydrogen-bond donors (Lipinski definition) is 1. The predicted octanol–water partition coefficient (Wildman–Crippen LogP) is 6.22. The lowest BCUT2D eigenvalue weighted by Gasteiger charge is -2.31. The number of nitrogens with two attached hydrogens (primary N) is 1. The summed E-state index contributed by atoms with van der Waals surface area (Å²) in [4.78, 5) is 13.1. The Morgan fingerprint density at radius 3 is 2.80 bits per heavy atom. The van der Waals surface area contributed by atoms with E-state index in [2.05, 4.69) is 52.4 Å². The minimum atomic E-state index is 0.609. The Labute approximate surface area is 209 Å². The molecule has 176 valence electrons. The fraction of sp³-hybridized carbons (Fsp3) is 0.179. The summed E-state index contributed by atoms with van der Waals surface area (Å²) in [5.74, 6) is 0.609. The monoisotopic (exact) mass is 480 g/mol. The molecule has 4 aromatic rings. The zero-order valence-corrected chi connectivity index (χ0v) is 20.8. The van der Waals surface area contributed by atoms with Crippen LogP contribution in [-0.2, 0) is 0 Å². The molecular formula is C28H28N6S. The van der Waals surface area contributed by atoms with Gasteiger partial charge in [0.05, 0.1) is 17.4 Å². The first-order chi connectivity index (χ1) is 17.0. The van der Waals surface area contributed by atoms with Gasteiger partial charge < -0.3 is 10.6 Å². The summed E-state index contributed by atoms with van der Waals surface area (Å²) in [5.41, 5.74) is 14.4. The summed E-state index contributed by atoms with van der Waals surface area (Å²) >= 11 is 1.56. The Bertz CT molecular complexity index is 1530. The first-order valence-corrected chi connectivity index (χ1v) is 12.5. The van der Waals surface area contributed by atoms with Crippen molar-refractivity contribution in [2.75, 3.05) is 18.8 Å². The largest absolute Gasteiger partial charge is 0.383 e. The minimum absolute atomic E-state index is 0.609. The number of allylic oxidation sites excluding steroid dienone is 1. The van der Waals surface area contributed by atoms with Crippen molar-refractivity contribution in [2.45, 2.75) is 20.3 Å². The van der Waals surface area contributed by atoms with Crippen LogP contribution in [0.3, 0.4) is 0 Å². The number of pyridine rings is 1. The molecular weight excluding hydrogens is 452 g/mol. The Kier molecular flexibility index (Phi) is 6.17. The van der Waals surface area contributed by atoms with Gasteiger partial charge in [-0.3, -0.25) is 4.98 Å². The van der Waals surface area contributed by atoms with Crippen molar-refractivity contribution in [3.8, 4) is 11.1 Å². The third-order valence-corrected chi connectivity index (χ3v) is 7.13. The van der Waals surface area contributed by atoms with Gasteiger partial charge in [0.25, 0.3) is 0 Å². The summed E-state index contributed by atoms with van der Waals surface area (Å²) in [6.07, 6.45) is 8.93. The van der Waals surface area contributed by atoms with Gasteiger partial charge in [-0.15, -0.1) is 0 Å². The van der Waals surface area contributed by atoms with E-state index in [0.29, 0.717) is 5.82 Å². The number of para-hydroxylation sites is 1. The number of anilines is 1.